The number of carbonyl (C=O) groups excluding carboxylic acids is 1. The summed E-state index contributed by atoms with van der Waals surface area (Å²) in [4.78, 5) is 17.7. The second kappa shape index (κ2) is 11.7. The van der Waals surface area contributed by atoms with Crippen LogP contribution < -0.4 is 9.47 Å². The number of benzene rings is 2. The smallest absolute Gasteiger partial charge is 0.254 e. The van der Waals surface area contributed by atoms with Crippen LogP contribution in [0.1, 0.15) is 47.2 Å². The molecule has 2 aliphatic rings. The van der Waals surface area contributed by atoms with E-state index in [1.165, 1.54) is 11.1 Å². The SMILES string of the molecule is COc1ccc(CN2CCCC[C@@H]3CN(CC[C@@H]3OC)C(=O)c3cccc(c3)OCC2)c(C)c1. The minimum absolute atomic E-state index is 0.0940. The lowest BCUT2D eigenvalue weighted by Crippen LogP contribution is -2.46. The first-order chi connectivity index (χ1) is 16.6. The van der Waals surface area contributed by atoms with Crippen molar-refractivity contribution in [3.05, 3.63) is 59.2 Å². The zero-order valence-electron chi connectivity index (χ0n) is 20.8. The maximum Gasteiger partial charge on any atom is 0.254 e. The highest BCUT2D eigenvalue weighted by atomic mass is 16.5. The number of rotatable bonds is 4. The Labute approximate surface area is 203 Å². The van der Waals surface area contributed by atoms with Crippen molar-refractivity contribution in [2.24, 2.45) is 5.92 Å². The number of hydrogen-bond donors (Lipinski definition) is 0. The fraction of sp³-hybridized carbons (Fsp3) is 0.536. The molecule has 6 nitrogen and oxygen atoms in total. The van der Waals surface area contributed by atoms with Crippen LogP contribution in [-0.2, 0) is 11.3 Å². The number of nitrogens with zero attached hydrogens (tertiary/aromatic N) is 2. The average Bonchev–Trinajstić information content (AvgIpc) is 2.86. The molecule has 0 unspecified atom stereocenters. The molecule has 0 saturated carbocycles. The molecule has 34 heavy (non-hydrogen) atoms. The van der Waals surface area contributed by atoms with Crippen LogP contribution >= 0.6 is 0 Å². The lowest BCUT2D eigenvalue weighted by atomic mass is 9.89. The van der Waals surface area contributed by atoms with Crippen LogP contribution in [0.2, 0.25) is 0 Å². The van der Waals surface area contributed by atoms with Crippen LogP contribution in [0.4, 0.5) is 0 Å². The zero-order chi connectivity index (χ0) is 23.9. The standard InChI is InChI=1S/C28H38N2O4/c1-21-17-25(32-2)11-10-23(21)19-29-13-5-4-7-24-20-30(14-12-27(24)33-3)28(31)22-8-6-9-26(18-22)34-16-15-29/h6,8-11,17-18,24,27H,4-5,7,12-16,19-20H2,1-3H3/t24-,27+/m1/s1. The van der Waals surface area contributed by atoms with E-state index in [-0.39, 0.29) is 12.0 Å². The molecular weight excluding hydrogens is 428 g/mol. The summed E-state index contributed by atoms with van der Waals surface area (Å²) < 4.78 is 17.3. The van der Waals surface area contributed by atoms with E-state index in [0.717, 1.165) is 69.9 Å². The molecule has 1 fully saturated rings. The Morgan fingerprint density at radius 3 is 2.71 bits per heavy atom. The van der Waals surface area contributed by atoms with Crippen molar-refractivity contribution >= 4 is 5.91 Å². The van der Waals surface area contributed by atoms with Gasteiger partial charge in [0.15, 0.2) is 0 Å². The number of piperidine rings is 1. The summed E-state index contributed by atoms with van der Waals surface area (Å²) >= 11 is 0. The van der Waals surface area contributed by atoms with Crippen molar-refractivity contribution in [1.82, 2.24) is 9.80 Å². The molecule has 184 valence electrons. The summed E-state index contributed by atoms with van der Waals surface area (Å²) in [5.41, 5.74) is 3.26. The van der Waals surface area contributed by atoms with E-state index < -0.39 is 0 Å². The summed E-state index contributed by atoms with van der Waals surface area (Å²) in [6.07, 6.45) is 4.44. The molecule has 2 aromatic rings. The van der Waals surface area contributed by atoms with Gasteiger partial charge in [0.05, 0.1) is 13.2 Å². The highest BCUT2D eigenvalue weighted by Gasteiger charge is 2.31. The van der Waals surface area contributed by atoms with Gasteiger partial charge < -0.3 is 19.1 Å². The number of hydrogen-bond acceptors (Lipinski definition) is 5. The minimum atomic E-state index is 0.0940. The van der Waals surface area contributed by atoms with Gasteiger partial charge in [-0.25, -0.2) is 0 Å². The van der Waals surface area contributed by atoms with Gasteiger partial charge in [0, 0.05) is 44.8 Å². The molecule has 0 N–H and O–H groups in total. The normalized spacial score (nSPS) is 22.4. The van der Waals surface area contributed by atoms with Crippen LogP contribution in [0.3, 0.4) is 0 Å². The molecule has 0 radical (unpaired) electrons. The van der Waals surface area contributed by atoms with E-state index in [0.29, 0.717) is 18.1 Å². The number of fused-ring (bicyclic) bond motifs is 4. The molecule has 6 heteroatoms. The Morgan fingerprint density at radius 2 is 1.91 bits per heavy atom. The molecule has 2 heterocycles. The Hall–Kier alpha value is -2.57. The fourth-order valence-corrected chi connectivity index (χ4v) is 5.20. The molecule has 1 saturated heterocycles. The molecule has 4 rings (SSSR count). The van der Waals surface area contributed by atoms with Gasteiger partial charge in [-0.2, -0.15) is 0 Å². The van der Waals surface area contributed by atoms with Crippen LogP contribution in [0.5, 0.6) is 11.5 Å². The lowest BCUT2D eigenvalue weighted by Gasteiger charge is -2.38. The first-order valence-electron chi connectivity index (χ1n) is 12.5. The molecule has 0 aliphatic carbocycles. The van der Waals surface area contributed by atoms with Gasteiger partial charge in [0.2, 0.25) is 0 Å². The summed E-state index contributed by atoms with van der Waals surface area (Å²) in [5, 5.41) is 0. The fourth-order valence-electron chi connectivity index (χ4n) is 5.20. The van der Waals surface area contributed by atoms with Crippen molar-refractivity contribution < 1.29 is 19.0 Å². The number of aryl methyl sites for hydroxylation is 1. The largest absolute Gasteiger partial charge is 0.497 e. The summed E-state index contributed by atoms with van der Waals surface area (Å²) in [7, 11) is 3.51. The lowest BCUT2D eigenvalue weighted by molar-refractivity contribution is -0.00676. The second-order valence-corrected chi connectivity index (χ2v) is 9.51. The number of amides is 1. The predicted molar refractivity (Wildman–Crippen MR) is 134 cm³/mol. The van der Waals surface area contributed by atoms with Crippen LogP contribution in [0.15, 0.2) is 42.5 Å². The Kier molecular flexibility index (Phi) is 8.46. The maximum atomic E-state index is 13.2. The molecule has 2 aromatic carbocycles. The Morgan fingerprint density at radius 1 is 1.03 bits per heavy atom. The molecular formula is C28H38N2O4. The monoisotopic (exact) mass is 466 g/mol. The predicted octanol–water partition coefficient (Wildman–Crippen LogP) is 4.55. The maximum absolute atomic E-state index is 13.2. The van der Waals surface area contributed by atoms with E-state index in [1.807, 2.05) is 35.2 Å². The van der Waals surface area contributed by atoms with Crippen molar-refractivity contribution in [1.29, 1.82) is 0 Å². The van der Waals surface area contributed by atoms with E-state index in [1.54, 1.807) is 14.2 Å². The molecule has 0 spiro atoms. The number of methoxy groups -OCH3 is 2. The first-order valence-corrected chi connectivity index (χ1v) is 12.5. The van der Waals surface area contributed by atoms with Crippen LogP contribution in [0, 0.1) is 12.8 Å². The summed E-state index contributed by atoms with van der Waals surface area (Å²) in [5.74, 6) is 2.12. The van der Waals surface area contributed by atoms with Gasteiger partial charge in [0.25, 0.3) is 5.91 Å². The van der Waals surface area contributed by atoms with Gasteiger partial charge >= 0.3 is 0 Å². The van der Waals surface area contributed by atoms with E-state index in [9.17, 15) is 4.79 Å². The quantitative estimate of drug-likeness (QED) is 0.662. The number of carbonyl (C=O) groups is 1. The summed E-state index contributed by atoms with van der Waals surface area (Å²) in [6.45, 7) is 6.97. The van der Waals surface area contributed by atoms with Crippen molar-refractivity contribution in [2.45, 2.75) is 45.3 Å². The first kappa shape index (κ1) is 24.6. The summed E-state index contributed by atoms with van der Waals surface area (Å²) in [6, 6.07) is 13.9. The van der Waals surface area contributed by atoms with Crippen molar-refractivity contribution in [2.75, 3.05) is 47.0 Å². The third-order valence-electron chi connectivity index (χ3n) is 7.25. The third-order valence-corrected chi connectivity index (χ3v) is 7.25. The highest BCUT2D eigenvalue weighted by molar-refractivity contribution is 5.94. The Balaban J connectivity index is 1.50. The molecule has 2 aliphatic heterocycles. The molecule has 4 bridgehead atoms. The van der Waals surface area contributed by atoms with Crippen LogP contribution in [0.25, 0.3) is 0 Å². The Bertz CT molecular complexity index is 963. The zero-order valence-corrected chi connectivity index (χ0v) is 20.8. The highest BCUT2D eigenvalue weighted by Crippen LogP contribution is 2.27. The average molecular weight is 467 g/mol. The van der Waals surface area contributed by atoms with Gasteiger partial charge in [-0.1, -0.05) is 18.6 Å². The van der Waals surface area contributed by atoms with E-state index >= 15 is 0 Å². The number of ether oxygens (including phenoxy) is 3. The van der Waals surface area contributed by atoms with Gasteiger partial charge in [-0.15, -0.1) is 0 Å². The molecule has 1 amide bonds. The van der Waals surface area contributed by atoms with E-state index in [2.05, 4.69) is 24.0 Å². The van der Waals surface area contributed by atoms with Crippen LogP contribution in [-0.4, -0.2) is 68.8 Å². The topological polar surface area (TPSA) is 51.2 Å². The minimum Gasteiger partial charge on any atom is -0.497 e. The molecule has 0 aromatic heterocycles. The molecule has 2 atom stereocenters. The van der Waals surface area contributed by atoms with Crippen molar-refractivity contribution in [3.8, 4) is 11.5 Å². The third kappa shape index (κ3) is 6.10. The van der Waals surface area contributed by atoms with Gasteiger partial charge in [0.1, 0.15) is 18.1 Å². The second-order valence-electron chi connectivity index (χ2n) is 9.51. The van der Waals surface area contributed by atoms with Gasteiger partial charge in [-0.3, -0.25) is 9.69 Å². The van der Waals surface area contributed by atoms with E-state index in [4.69, 9.17) is 14.2 Å². The van der Waals surface area contributed by atoms with Gasteiger partial charge in [-0.05, 0) is 74.2 Å². The van der Waals surface area contributed by atoms with Crippen molar-refractivity contribution in [3.63, 3.8) is 0 Å².